The molecule has 0 atom stereocenters. The Balaban J connectivity index is 2.99. The summed E-state index contributed by atoms with van der Waals surface area (Å²) in [4.78, 5) is 15.7. The standard InChI is InChI=1S/C11H12F3NO5S/c1-2-7-3-4-8(5-9(7)10(16)17)21(18,19)15-20-6-11(12,13)14/h3-5,15H,2,6H2,1H3,(H,16,17). The maximum absolute atomic E-state index is 11.9. The third-order valence-electron chi connectivity index (χ3n) is 2.41. The summed E-state index contributed by atoms with van der Waals surface area (Å²) in [5, 5.41) is 8.97. The molecule has 0 saturated carbocycles. The third kappa shape index (κ3) is 4.99. The van der Waals surface area contributed by atoms with Gasteiger partial charge in [0.25, 0.3) is 10.0 Å². The normalized spacial score (nSPS) is 12.4. The Morgan fingerprint density at radius 1 is 1.38 bits per heavy atom. The van der Waals surface area contributed by atoms with E-state index in [1.54, 1.807) is 6.92 Å². The van der Waals surface area contributed by atoms with Crippen LogP contribution >= 0.6 is 0 Å². The molecule has 0 aromatic heterocycles. The lowest BCUT2D eigenvalue weighted by molar-refractivity contribution is -0.181. The molecule has 0 aliphatic carbocycles. The molecule has 0 heterocycles. The van der Waals surface area contributed by atoms with Gasteiger partial charge >= 0.3 is 12.1 Å². The van der Waals surface area contributed by atoms with Gasteiger partial charge in [-0.2, -0.15) is 13.2 Å². The Morgan fingerprint density at radius 3 is 2.48 bits per heavy atom. The lowest BCUT2D eigenvalue weighted by atomic mass is 10.1. The van der Waals surface area contributed by atoms with E-state index in [2.05, 4.69) is 4.84 Å². The van der Waals surface area contributed by atoms with E-state index in [0.717, 1.165) is 12.1 Å². The number of carboxylic acids is 1. The van der Waals surface area contributed by atoms with E-state index in [-0.39, 0.29) is 5.56 Å². The molecule has 0 fully saturated rings. The summed E-state index contributed by atoms with van der Waals surface area (Å²) >= 11 is 0. The molecule has 1 aromatic rings. The molecule has 2 N–H and O–H groups in total. The van der Waals surface area contributed by atoms with Gasteiger partial charge in [-0.15, -0.1) is 0 Å². The van der Waals surface area contributed by atoms with E-state index in [4.69, 9.17) is 5.11 Å². The van der Waals surface area contributed by atoms with Crippen molar-refractivity contribution in [3.63, 3.8) is 0 Å². The van der Waals surface area contributed by atoms with Crippen LogP contribution in [0.25, 0.3) is 0 Å². The molecule has 1 aromatic carbocycles. The number of aryl methyl sites for hydroxylation is 1. The zero-order chi connectivity index (χ0) is 16.3. The molecule has 0 saturated heterocycles. The second kappa shape index (κ2) is 6.41. The van der Waals surface area contributed by atoms with E-state index in [0.29, 0.717) is 12.0 Å². The van der Waals surface area contributed by atoms with Crippen molar-refractivity contribution < 1.29 is 36.3 Å². The minimum Gasteiger partial charge on any atom is -0.478 e. The average molecular weight is 327 g/mol. The molecule has 0 aliphatic rings. The highest BCUT2D eigenvalue weighted by atomic mass is 32.2. The maximum Gasteiger partial charge on any atom is 0.413 e. The van der Waals surface area contributed by atoms with Crippen molar-refractivity contribution in [3.8, 4) is 0 Å². The van der Waals surface area contributed by atoms with E-state index >= 15 is 0 Å². The summed E-state index contributed by atoms with van der Waals surface area (Å²) in [5.74, 6) is -1.33. The second-order valence-corrected chi connectivity index (χ2v) is 5.61. The monoisotopic (exact) mass is 327 g/mol. The molecule has 0 spiro atoms. The average Bonchev–Trinajstić information content (AvgIpc) is 2.35. The Bertz CT molecular complexity index is 627. The number of nitrogens with one attached hydrogen (secondary N) is 1. The first-order valence-corrected chi connectivity index (χ1v) is 7.11. The molecule has 118 valence electrons. The Kier molecular flexibility index (Phi) is 5.31. The van der Waals surface area contributed by atoms with Gasteiger partial charge in [0.15, 0.2) is 6.61 Å². The van der Waals surface area contributed by atoms with Crippen molar-refractivity contribution in [2.24, 2.45) is 0 Å². The van der Waals surface area contributed by atoms with E-state index in [1.807, 2.05) is 0 Å². The maximum atomic E-state index is 11.9. The van der Waals surface area contributed by atoms with Gasteiger partial charge in [-0.1, -0.05) is 17.9 Å². The summed E-state index contributed by atoms with van der Waals surface area (Å²) < 4.78 is 59.0. The smallest absolute Gasteiger partial charge is 0.413 e. The van der Waals surface area contributed by atoms with Crippen LogP contribution in [-0.4, -0.2) is 32.3 Å². The van der Waals surface area contributed by atoms with Crippen molar-refractivity contribution in [3.05, 3.63) is 29.3 Å². The molecule has 6 nitrogen and oxygen atoms in total. The summed E-state index contributed by atoms with van der Waals surface area (Å²) in [6.07, 6.45) is -4.33. The number of carbonyl (C=O) groups is 1. The molecule has 10 heteroatoms. The first-order chi connectivity index (χ1) is 9.57. The molecule has 0 amide bonds. The molecule has 0 unspecified atom stereocenters. The first-order valence-electron chi connectivity index (χ1n) is 5.63. The van der Waals surface area contributed by atoms with Crippen molar-refractivity contribution in [2.45, 2.75) is 24.4 Å². The Labute approximate surface area is 118 Å². The fraction of sp³-hybridized carbons (Fsp3) is 0.364. The van der Waals surface area contributed by atoms with E-state index in [1.165, 1.54) is 11.0 Å². The number of carboxylic acid groups (broad SMARTS) is 1. The fourth-order valence-corrected chi connectivity index (χ4v) is 2.30. The second-order valence-electron chi connectivity index (χ2n) is 3.97. The van der Waals surface area contributed by atoms with Crippen LogP contribution in [0.15, 0.2) is 23.1 Å². The molecular weight excluding hydrogens is 315 g/mol. The van der Waals surface area contributed by atoms with Crippen molar-refractivity contribution in [1.29, 1.82) is 0 Å². The van der Waals surface area contributed by atoms with Crippen LogP contribution in [-0.2, 0) is 21.3 Å². The van der Waals surface area contributed by atoms with Crippen LogP contribution in [0.4, 0.5) is 13.2 Å². The number of rotatable bonds is 6. The minimum absolute atomic E-state index is 0.240. The third-order valence-corrected chi connectivity index (χ3v) is 3.62. The number of hydrogen-bond donors (Lipinski definition) is 2. The van der Waals surface area contributed by atoms with Crippen LogP contribution in [0.5, 0.6) is 0 Å². The van der Waals surface area contributed by atoms with Gasteiger partial charge in [0, 0.05) is 0 Å². The van der Waals surface area contributed by atoms with Crippen molar-refractivity contribution in [2.75, 3.05) is 6.61 Å². The molecule has 21 heavy (non-hydrogen) atoms. The minimum atomic E-state index is -4.69. The lowest BCUT2D eigenvalue weighted by Crippen LogP contribution is -2.29. The SMILES string of the molecule is CCc1ccc(S(=O)(=O)NOCC(F)(F)F)cc1C(=O)O. The Morgan fingerprint density at radius 2 is 2.00 bits per heavy atom. The van der Waals surface area contributed by atoms with E-state index < -0.39 is 33.7 Å². The number of aromatic carboxylic acids is 1. The summed E-state index contributed by atoms with van der Waals surface area (Å²) in [6.45, 7) is -0.119. The first kappa shape index (κ1) is 17.4. The van der Waals surface area contributed by atoms with Crippen LogP contribution in [0.2, 0.25) is 0 Å². The van der Waals surface area contributed by atoms with Crippen molar-refractivity contribution >= 4 is 16.0 Å². The number of benzene rings is 1. The van der Waals surface area contributed by atoms with Gasteiger partial charge in [0.2, 0.25) is 0 Å². The van der Waals surface area contributed by atoms with Crippen LogP contribution in [0.1, 0.15) is 22.8 Å². The number of sulfonamides is 1. The predicted molar refractivity (Wildman–Crippen MR) is 65.1 cm³/mol. The number of halogens is 3. The van der Waals surface area contributed by atoms with Gasteiger partial charge in [-0.3, -0.25) is 4.84 Å². The van der Waals surface area contributed by atoms with E-state index in [9.17, 15) is 26.4 Å². The van der Waals surface area contributed by atoms with Gasteiger partial charge < -0.3 is 5.11 Å². The van der Waals surface area contributed by atoms with Gasteiger partial charge in [0.05, 0.1) is 10.5 Å². The summed E-state index contributed by atoms with van der Waals surface area (Å²) in [5.41, 5.74) is 0.161. The molecule has 1 rings (SSSR count). The quantitative estimate of drug-likeness (QED) is 0.776. The van der Waals surface area contributed by atoms with Crippen LogP contribution < -0.4 is 4.89 Å². The fourth-order valence-electron chi connectivity index (χ4n) is 1.47. The molecular formula is C11H12F3NO5S. The zero-order valence-corrected chi connectivity index (χ0v) is 11.6. The topological polar surface area (TPSA) is 92.7 Å². The Hall–Kier alpha value is -1.65. The summed E-state index contributed by atoms with van der Waals surface area (Å²) in [7, 11) is -4.40. The molecule has 0 radical (unpaired) electrons. The van der Waals surface area contributed by atoms with Crippen LogP contribution in [0, 0.1) is 0 Å². The molecule has 0 bridgehead atoms. The highest BCUT2D eigenvalue weighted by Crippen LogP contribution is 2.18. The summed E-state index contributed by atoms with van der Waals surface area (Å²) in [6, 6.07) is 3.23. The highest BCUT2D eigenvalue weighted by molar-refractivity contribution is 7.89. The van der Waals surface area contributed by atoms with Crippen molar-refractivity contribution in [1.82, 2.24) is 4.89 Å². The van der Waals surface area contributed by atoms with Gasteiger partial charge in [0.1, 0.15) is 0 Å². The largest absolute Gasteiger partial charge is 0.478 e. The van der Waals surface area contributed by atoms with Gasteiger partial charge in [-0.05, 0) is 24.1 Å². The van der Waals surface area contributed by atoms with Gasteiger partial charge in [-0.25, -0.2) is 13.2 Å². The number of hydrogen-bond acceptors (Lipinski definition) is 4. The van der Waals surface area contributed by atoms with Crippen LogP contribution in [0.3, 0.4) is 0 Å². The predicted octanol–water partition coefficient (Wildman–Crippen LogP) is 1.72. The highest BCUT2D eigenvalue weighted by Gasteiger charge is 2.29. The lowest BCUT2D eigenvalue weighted by Gasteiger charge is -2.11. The molecule has 0 aliphatic heterocycles. The number of alkyl halides is 3. The zero-order valence-electron chi connectivity index (χ0n) is 10.8.